The fourth-order valence-electron chi connectivity index (χ4n) is 4.55. The molecule has 2 aliphatic rings. The molecule has 1 aliphatic carbocycles. The van der Waals surface area contributed by atoms with Crippen LogP contribution < -0.4 is 19.7 Å². The third kappa shape index (κ3) is 6.11. The number of hydrogen-bond acceptors (Lipinski definition) is 9. The van der Waals surface area contributed by atoms with Gasteiger partial charge in [0.1, 0.15) is 23.6 Å². The molecule has 2 N–H and O–H groups in total. The van der Waals surface area contributed by atoms with Gasteiger partial charge in [0.2, 0.25) is 15.9 Å². The Balaban J connectivity index is 1.35. The highest BCUT2D eigenvalue weighted by molar-refractivity contribution is 7.92. The van der Waals surface area contributed by atoms with Gasteiger partial charge in [-0.3, -0.25) is 9.71 Å². The van der Waals surface area contributed by atoms with Crippen LogP contribution in [-0.2, 0) is 14.8 Å². The van der Waals surface area contributed by atoms with Crippen molar-refractivity contribution in [1.82, 2.24) is 15.0 Å². The van der Waals surface area contributed by atoms with E-state index in [1.807, 2.05) is 6.07 Å². The monoisotopic (exact) mass is 516 g/mol. The van der Waals surface area contributed by atoms with E-state index >= 15 is 0 Å². The second-order valence-corrected chi connectivity index (χ2v) is 10.9. The lowest BCUT2D eigenvalue weighted by Gasteiger charge is -2.31. The SMILES string of the molecule is CS(=O)(=O)Nc1cnc2cc(N3CCOCC3)nc(OC3CCC(Nc4ccc(F)cn4)CC3)c2c1. The van der Waals surface area contributed by atoms with Crippen LogP contribution in [0.2, 0.25) is 0 Å². The number of ether oxygens (including phenoxy) is 2. The minimum Gasteiger partial charge on any atom is -0.474 e. The van der Waals surface area contributed by atoms with Gasteiger partial charge in [-0.15, -0.1) is 0 Å². The van der Waals surface area contributed by atoms with E-state index in [1.54, 1.807) is 12.1 Å². The number of anilines is 3. The minimum atomic E-state index is -3.45. The van der Waals surface area contributed by atoms with Crippen molar-refractivity contribution in [3.63, 3.8) is 0 Å². The fourth-order valence-corrected chi connectivity index (χ4v) is 5.09. The third-order valence-corrected chi connectivity index (χ3v) is 6.91. The molecular weight excluding hydrogens is 487 g/mol. The maximum absolute atomic E-state index is 13.1. The Bertz CT molecular complexity index is 1310. The van der Waals surface area contributed by atoms with E-state index in [0.717, 1.165) is 50.8 Å². The number of aromatic nitrogens is 3. The predicted molar refractivity (Wildman–Crippen MR) is 136 cm³/mol. The lowest BCUT2D eigenvalue weighted by molar-refractivity contribution is 0.122. The summed E-state index contributed by atoms with van der Waals surface area (Å²) in [7, 11) is -3.45. The van der Waals surface area contributed by atoms with E-state index < -0.39 is 10.0 Å². The van der Waals surface area contributed by atoms with Crippen LogP contribution in [-0.4, -0.2) is 68.1 Å². The highest BCUT2D eigenvalue weighted by Gasteiger charge is 2.25. The second-order valence-electron chi connectivity index (χ2n) is 9.15. The van der Waals surface area contributed by atoms with Crippen LogP contribution in [0, 0.1) is 5.82 Å². The van der Waals surface area contributed by atoms with Gasteiger partial charge >= 0.3 is 0 Å². The van der Waals surface area contributed by atoms with E-state index in [2.05, 4.69) is 24.9 Å². The van der Waals surface area contributed by atoms with Gasteiger partial charge in [-0.2, -0.15) is 4.98 Å². The number of sulfonamides is 1. The summed E-state index contributed by atoms with van der Waals surface area (Å²) >= 11 is 0. The van der Waals surface area contributed by atoms with Gasteiger partial charge in [0.05, 0.1) is 48.5 Å². The van der Waals surface area contributed by atoms with Crippen LogP contribution in [0.25, 0.3) is 10.9 Å². The van der Waals surface area contributed by atoms with Crippen LogP contribution in [0.4, 0.5) is 21.7 Å². The number of morpholine rings is 1. The molecule has 5 rings (SSSR count). The van der Waals surface area contributed by atoms with Gasteiger partial charge in [0.15, 0.2) is 0 Å². The van der Waals surface area contributed by atoms with E-state index in [1.165, 1.54) is 18.5 Å². The molecule has 1 saturated carbocycles. The molecule has 1 saturated heterocycles. The van der Waals surface area contributed by atoms with Gasteiger partial charge in [-0.05, 0) is 43.9 Å². The normalized spacial score (nSPS) is 20.8. The van der Waals surface area contributed by atoms with Gasteiger partial charge in [0.25, 0.3) is 0 Å². The minimum absolute atomic E-state index is 0.0496. The Labute approximate surface area is 209 Å². The molecule has 4 heterocycles. The summed E-state index contributed by atoms with van der Waals surface area (Å²) in [6.07, 6.45) is 7.09. The number of nitrogens with zero attached hydrogens (tertiary/aromatic N) is 4. The smallest absolute Gasteiger partial charge is 0.229 e. The average Bonchev–Trinajstić information content (AvgIpc) is 2.86. The fraction of sp³-hybridized carbons (Fsp3) is 0.458. The van der Waals surface area contributed by atoms with Crippen LogP contribution in [0.3, 0.4) is 0 Å². The zero-order chi connectivity index (χ0) is 25.1. The number of rotatable bonds is 7. The van der Waals surface area contributed by atoms with Gasteiger partial charge in [-0.1, -0.05) is 0 Å². The van der Waals surface area contributed by atoms with Crippen molar-refractivity contribution < 1.29 is 22.3 Å². The number of hydrogen-bond donors (Lipinski definition) is 2. The molecular formula is C24H29FN6O4S. The van der Waals surface area contributed by atoms with Crippen LogP contribution in [0.1, 0.15) is 25.7 Å². The summed E-state index contributed by atoms with van der Waals surface area (Å²) in [6.45, 7) is 2.70. The zero-order valence-corrected chi connectivity index (χ0v) is 20.8. The molecule has 3 aromatic rings. The molecule has 0 radical (unpaired) electrons. The Hall–Kier alpha value is -3.25. The highest BCUT2D eigenvalue weighted by atomic mass is 32.2. The first-order valence-corrected chi connectivity index (χ1v) is 13.9. The zero-order valence-electron chi connectivity index (χ0n) is 20.0. The summed E-state index contributed by atoms with van der Waals surface area (Å²) in [6, 6.07) is 6.86. The molecule has 0 amide bonds. The Morgan fingerprint density at radius 2 is 1.86 bits per heavy atom. The van der Waals surface area contributed by atoms with Crippen molar-refractivity contribution in [2.45, 2.75) is 37.8 Å². The van der Waals surface area contributed by atoms with E-state index in [-0.39, 0.29) is 18.0 Å². The predicted octanol–water partition coefficient (Wildman–Crippen LogP) is 3.17. The molecule has 0 atom stereocenters. The lowest BCUT2D eigenvalue weighted by atomic mass is 9.93. The molecule has 0 aromatic carbocycles. The average molecular weight is 517 g/mol. The summed E-state index contributed by atoms with van der Waals surface area (Å²) in [5.74, 6) is 1.50. The highest BCUT2D eigenvalue weighted by Crippen LogP contribution is 2.33. The van der Waals surface area contributed by atoms with E-state index in [4.69, 9.17) is 14.5 Å². The summed E-state index contributed by atoms with van der Waals surface area (Å²) in [5, 5.41) is 4.01. The molecule has 10 nitrogen and oxygen atoms in total. The Morgan fingerprint density at radius 1 is 1.08 bits per heavy atom. The first-order valence-electron chi connectivity index (χ1n) is 12.0. The number of fused-ring (bicyclic) bond motifs is 1. The number of nitrogens with one attached hydrogen (secondary N) is 2. The maximum Gasteiger partial charge on any atom is 0.229 e. The summed E-state index contributed by atoms with van der Waals surface area (Å²) in [5.41, 5.74) is 1.04. The van der Waals surface area contributed by atoms with Crippen molar-refractivity contribution in [2.75, 3.05) is 47.5 Å². The quantitative estimate of drug-likeness (QED) is 0.488. The van der Waals surface area contributed by atoms with Crippen LogP contribution in [0.15, 0.2) is 36.7 Å². The number of halogens is 1. The van der Waals surface area contributed by atoms with Gasteiger partial charge in [-0.25, -0.2) is 17.8 Å². The number of pyridine rings is 3. The van der Waals surface area contributed by atoms with Gasteiger partial charge in [0, 0.05) is 25.2 Å². The topological polar surface area (TPSA) is 119 Å². The molecule has 0 bridgehead atoms. The van der Waals surface area contributed by atoms with Crippen molar-refractivity contribution in [3.8, 4) is 5.88 Å². The molecule has 3 aromatic heterocycles. The molecule has 12 heteroatoms. The van der Waals surface area contributed by atoms with Crippen molar-refractivity contribution in [1.29, 1.82) is 0 Å². The molecule has 2 fully saturated rings. The summed E-state index contributed by atoms with van der Waals surface area (Å²) in [4.78, 5) is 15.5. The maximum atomic E-state index is 13.1. The third-order valence-electron chi connectivity index (χ3n) is 6.30. The van der Waals surface area contributed by atoms with E-state index in [9.17, 15) is 12.8 Å². The molecule has 192 valence electrons. The molecule has 1 aliphatic heterocycles. The van der Waals surface area contributed by atoms with Crippen molar-refractivity contribution in [3.05, 3.63) is 42.5 Å². The molecule has 0 spiro atoms. The largest absolute Gasteiger partial charge is 0.474 e. The van der Waals surface area contributed by atoms with E-state index in [0.29, 0.717) is 41.5 Å². The standard InChI is InChI=1S/C24H29FN6O4S/c1-36(32,33)30-18-12-20-21(26-15-18)13-23(31-8-10-34-11-9-31)29-24(20)35-19-5-3-17(4-6-19)28-22-7-2-16(25)14-27-22/h2,7,12-15,17,19,30H,3-6,8-11H2,1H3,(H,27,28). The Kier molecular flexibility index (Phi) is 7.06. The van der Waals surface area contributed by atoms with Crippen LogP contribution in [0.5, 0.6) is 5.88 Å². The Morgan fingerprint density at radius 3 is 2.56 bits per heavy atom. The van der Waals surface area contributed by atoms with Crippen LogP contribution >= 0.6 is 0 Å². The lowest BCUT2D eigenvalue weighted by Crippen LogP contribution is -2.37. The van der Waals surface area contributed by atoms with Crippen molar-refractivity contribution in [2.24, 2.45) is 0 Å². The first-order chi connectivity index (χ1) is 17.3. The summed E-state index contributed by atoms with van der Waals surface area (Å²) < 4.78 is 51.0. The van der Waals surface area contributed by atoms with Crippen molar-refractivity contribution >= 4 is 38.2 Å². The van der Waals surface area contributed by atoms with Gasteiger partial charge < -0.3 is 19.7 Å². The molecule has 0 unspecified atom stereocenters. The molecule has 36 heavy (non-hydrogen) atoms. The first kappa shape index (κ1) is 24.4. The second kappa shape index (κ2) is 10.4.